The van der Waals surface area contributed by atoms with Gasteiger partial charge in [-0.3, -0.25) is 4.68 Å². The summed E-state index contributed by atoms with van der Waals surface area (Å²) in [6.45, 7) is 5.18. The van der Waals surface area contributed by atoms with Crippen LogP contribution in [0.15, 0.2) is 6.20 Å². The lowest BCUT2D eigenvalue weighted by Crippen LogP contribution is -2.10. The highest BCUT2D eigenvalue weighted by Gasteiger charge is 2.19. The molecule has 1 N–H and O–H groups in total. The van der Waals surface area contributed by atoms with E-state index in [0.717, 1.165) is 31.5 Å². The van der Waals surface area contributed by atoms with E-state index in [9.17, 15) is 5.11 Å². The molecular formula is C17H32N2O2. The SMILES string of the molecule is CCCCCCCCCC(O)c1c(OC)cnn1CCC. The molecule has 4 nitrogen and oxygen atoms in total. The summed E-state index contributed by atoms with van der Waals surface area (Å²) in [5.74, 6) is 0.707. The molecule has 4 heteroatoms. The van der Waals surface area contributed by atoms with Crippen LogP contribution in [-0.4, -0.2) is 22.0 Å². The minimum Gasteiger partial charge on any atom is -0.493 e. The minimum atomic E-state index is -0.468. The van der Waals surface area contributed by atoms with Crippen molar-refractivity contribution in [3.63, 3.8) is 0 Å². The molecule has 0 aliphatic heterocycles. The Bertz CT molecular complexity index is 377. The average molecular weight is 296 g/mol. The first-order valence-electron chi connectivity index (χ1n) is 8.52. The van der Waals surface area contributed by atoms with Crippen molar-refractivity contribution in [2.75, 3.05) is 7.11 Å². The summed E-state index contributed by atoms with van der Waals surface area (Å²) in [6.07, 6.45) is 11.9. The fourth-order valence-corrected chi connectivity index (χ4v) is 2.69. The molecule has 0 radical (unpaired) electrons. The van der Waals surface area contributed by atoms with Crippen LogP contribution in [0, 0.1) is 0 Å². The number of aromatic nitrogens is 2. The molecule has 1 unspecified atom stereocenters. The quantitative estimate of drug-likeness (QED) is 0.579. The second-order valence-corrected chi connectivity index (χ2v) is 5.75. The Hall–Kier alpha value is -1.03. The third-order valence-electron chi connectivity index (χ3n) is 3.90. The van der Waals surface area contributed by atoms with Crippen LogP contribution in [0.2, 0.25) is 0 Å². The maximum Gasteiger partial charge on any atom is 0.162 e. The fourth-order valence-electron chi connectivity index (χ4n) is 2.69. The zero-order valence-corrected chi connectivity index (χ0v) is 14.0. The van der Waals surface area contributed by atoms with Gasteiger partial charge in [-0.25, -0.2) is 0 Å². The summed E-state index contributed by atoms with van der Waals surface area (Å²) in [5, 5.41) is 14.7. The molecule has 0 aromatic carbocycles. The Labute approximate surface area is 129 Å². The number of methoxy groups -OCH3 is 1. The number of unbranched alkanes of at least 4 members (excludes halogenated alkanes) is 6. The van der Waals surface area contributed by atoms with Crippen molar-refractivity contribution in [1.29, 1.82) is 0 Å². The largest absolute Gasteiger partial charge is 0.493 e. The van der Waals surface area contributed by atoms with Gasteiger partial charge in [0.2, 0.25) is 0 Å². The second kappa shape index (κ2) is 10.7. The lowest BCUT2D eigenvalue weighted by atomic mass is 10.0. The number of hydrogen-bond donors (Lipinski definition) is 1. The smallest absolute Gasteiger partial charge is 0.162 e. The molecule has 0 aliphatic rings. The Morgan fingerprint density at radius 3 is 2.38 bits per heavy atom. The molecule has 0 bridgehead atoms. The van der Waals surface area contributed by atoms with Gasteiger partial charge in [0.25, 0.3) is 0 Å². The van der Waals surface area contributed by atoms with Crippen LogP contribution in [0.5, 0.6) is 5.75 Å². The van der Waals surface area contributed by atoms with E-state index in [1.807, 2.05) is 4.68 Å². The number of aryl methyl sites for hydroxylation is 1. The highest BCUT2D eigenvalue weighted by molar-refractivity contribution is 5.27. The van der Waals surface area contributed by atoms with Crippen molar-refractivity contribution in [2.24, 2.45) is 0 Å². The lowest BCUT2D eigenvalue weighted by Gasteiger charge is -2.14. The molecular weight excluding hydrogens is 264 g/mol. The normalized spacial score (nSPS) is 12.6. The van der Waals surface area contributed by atoms with Gasteiger partial charge in [-0.15, -0.1) is 0 Å². The van der Waals surface area contributed by atoms with E-state index < -0.39 is 6.10 Å². The van der Waals surface area contributed by atoms with Crippen LogP contribution in [0.1, 0.15) is 83.4 Å². The predicted molar refractivity (Wildman–Crippen MR) is 86.6 cm³/mol. The number of nitrogens with zero attached hydrogens (tertiary/aromatic N) is 2. The molecule has 0 saturated heterocycles. The van der Waals surface area contributed by atoms with Gasteiger partial charge in [0.15, 0.2) is 5.75 Å². The first-order valence-corrected chi connectivity index (χ1v) is 8.52. The first-order chi connectivity index (χ1) is 10.2. The molecule has 1 atom stereocenters. The van der Waals surface area contributed by atoms with Crippen LogP contribution >= 0.6 is 0 Å². The highest BCUT2D eigenvalue weighted by atomic mass is 16.5. The second-order valence-electron chi connectivity index (χ2n) is 5.75. The van der Waals surface area contributed by atoms with Crippen molar-refractivity contribution in [1.82, 2.24) is 9.78 Å². The summed E-state index contributed by atoms with van der Waals surface area (Å²) >= 11 is 0. The molecule has 122 valence electrons. The van der Waals surface area contributed by atoms with Gasteiger partial charge in [0.05, 0.1) is 19.4 Å². The molecule has 0 aliphatic carbocycles. The third-order valence-corrected chi connectivity index (χ3v) is 3.90. The maximum absolute atomic E-state index is 10.4. The summed E-state index contributed by atoms with van der Waals surface area (Å²) < 4.78 is 7.20. The molecule has 1 aromatic rings. The predicted octanol–water partition coefficient (Wildman–Crippen LogP) is 4.48. The zero-order chi connectivity index (χ0) is 15.5. The van der Waals surface area contributed by atoms with Crippen LogP contribution in [0.25, 0.3) is 0 Å². The molecule has 1 rings (SSSR count). The third kappa shape index (κ3) is 6.08. The van der Waals surface area contributed by atoms with Crippen molar-refractivity contribution in [3.05, 3.63) is 11.9 Å². The van der Waals surface area contributed by atoms with Gasteiger partial charge in [0.1, 0.15) is 5.69 Å². The summed E-state index contributed by atoms with van der Waals surface area (Å²) in [7, 11) is 1.64. The van der Waals surface area contributed by atoms with Gasteiger partial charge in [0, 0.05) is 6.54 Å². The first kappa shape index (κ1) is 18.0. The van der Waals surface area contributed by atoms with Crippen molar-refractivity contribution in [2.45, 2.75) is 84.3 Å². The van der Waals surface area contributed by atoms with Crippen molar-refractivity contribution in [3.8, 4) is 5.75 Å². The van der Waals surface area contributed by atoms with E-state index in [1.165, 1.54) is 38.5 Å². The summed E-state index contributed by atoms with van der Waals surface area (Å²) in [4.78, 5) is 0. The molecule has 21 heavy (non-hydrogen) atoms. The lowest BCUT2D eigenvalue weighted by molar-refractivity contribution is 0.148. The monoisotopic (exact) mass is 296 g/mol. The molecule has 0 fully saturated rings. The molecule has 0 saturated carbocycles. The number of aliphatic hydroxyl groups is 1. The van der Waals surface area contributed by atoms with E-state index in [4.69, 9.17) is 4.74 Å². The number of rotatable bonds is 12. The van der Waals surface area contributed by atoms with Crippen LogP contribution < -0.4 is 4.74 Å². The number of ether oxygens (including phenoxy) is 1. The van der Waals surface area contributed by atoms with E-state index >= 15 is 0 Å². The standard InChI is InChI=1S/C17H32N2O2/c1-4-6-7-8-9-10-11-12-15(20)17-16(21-3)14-18-19(17)13-5-2/h14-15,20H,4-13H2,1-3H3. The maximum atomic E-state index is 10.4. The Morgan fingerprint density at radius 1 is 1.10 bits per heavy atom. The molecule has 1 heterocycles. The van der Waals surface area contributed by atoms with E-state index in [2.05, 4.69) is 18.9 Å². The van der Waals surface area contributed by atoms with E-state index in [-0.39, 0.29) is 0 Å². The number of aliphatic hydroxyl groups excluding tert-OH is 1. The highest BCUT2D eigenvalue weighted by Crippen LogP contribution is 2.28. The van der Waals surface area contributed by atoms with Crippen molar-refractivity contribution < 1.29 is 9.84 Å². The van der Waals surface area contributed by atoms with Crippen molar-refractivity contribution >= 4 is 0 Å². The summed E-state index contributed by atoms with van der Waals surface area (Å²) in [5.41, 5.74) is 0.838. The average Bonchev–Trinajstić information content (AvgIpc) is 2.89. The summed E-state index contributed by atoms with van der Waals surface area (Å²) in [6, 6.07) is 0. The van der Waals surface area contributed by atoms with Gasteiger partial charge >= 0.3 is 0 Å². The Morgan fingerprint density at radius 2 is 1.76 bits per heavy atom. The van der Waals surface area contributed by atoms with E-state index in [0.29, 0.717) is 5.75 Å². The zero-order valence-electron chi connectivity index (χ0n) is 14.0. The Kier molecular flexibility index (Phi) is 9.15. The van der Waals surface area contributed by atoms with Gasteiger partial charge in [-0.05, 0) is 12.8 Å². The number of hydrogen-bond acceptors (Lipinski definition) is 3. The Balaban J connectivity index is 2.37. The van der Waals surface area contributed by atoms with Gasteiger partial charge in [-0.1, -0.05) is 58.8 Å². The minimum absolute atomic E-state index is 0.468. The van der Waals surface area contributed by atoms with E-state index in [1.54, 1.807) is 13.3 Å². The van der Waals surface area contributed by atoms with Crippen LogP contribution in [0.4, 0.5) is 0 Å². The fraction of sp³-hybridized carbons (Fsp3) is 0.824. The van der Waals surface area contributed by atoms with Gasteiger partial charge in [-0.2, -0.15) is 5.10 Å². The van der Waals surface area contributed by atoms with Gasteiger partial charge < -0.3 is 9.84 Å². The molecule has 1 aromatic heterocycles. The topological polar surface area (TPSA) is 47.3 Å². The molecule has 0 spiro atoms. The molecule has 0 amide bonds. The van der Waals surface area contributed by atoms with Crippen LogP contribution in [-0.2, 0) is 6.54 Å². The van der Waals surface area contributed by atoms with Crippen LogP contribution in [0.3, 0.4) is 0 Å².